The SMILES string of the molecule is Cn1c(=O)c2[nH]c(SCC(=O)C3CC3)nc2n(C)c1=O. The fourth-order valence-corrected chi connectivity index (χ4v) is 2.88. The summed E-state index contributed by atoms with van der Waals surface area (Å²) in [5.41, 5.74) is -0.217. The average Bonchev–Trinajstić information content (AvgIpc) is 3.20. The van der Waals surface area contributed by atoms with Gasteiger partial charge in [0.2, 0.25) is 0 Å². The maximum Gasteiger partial charge on any atom is 0.332 e. The normalized spacial score (nSPS) is 14.9. The molecule has 0 amide bonds. The Bertz CT molecular complexity index is 812. The number of carbonyl (C=O) groups excluding carboxylic acids is 1. The third-order valence-corrected chi connectivity index (χ3v) is 4.35. The van der Waals surface area contributed by atoms with Gasteiger partial charge in [-0.25, -0.2) is 9.78 Å². The van der Waals surface area contributed by atoms with Crippen LogP contribution in [0.1, 0.15) is 12.8 Å². The number of thioether (sulfide) groups is 1. The Kier molecular flexibility index (Phi) is 3.04. The summed E-state index contributed by atoms with van der Waals surface area (Å²) in [7, 11) is 2.99. The van der Waals surface area contributed by atoms with Gasteiger partial charge in [0.25, 0.3) is 5.56 Å². The molecule has 2 aromatic rings. The molecule has 20 heavy (non-hydrogen) atoms. The lowest BCUT2D eigenvalue weighted by Gasteiger charge is -2.00. The highest BCUT2D eigenvalue weighted by Crippen LogP contribution is 2.31. The quantitative estimate of drug-likeness (QED) is 0.804. The van der Waals surface area contributed by atoms with Crippen molar-refractivity contribution in [3.63, 3.8) is 0 Å². The zero-order valence-corrected chi connectivity index (χ0v) is 12.0. The number of aryl methyl sites for hydroxylation is 1. The van der Waals surface area contributed by atoms with Crippen LogP contribution < -0.4 is 11.2 Å². The Hall–Kier alpha value is -1.83. The molecule has 1 N–H and O–H groups in total. The minimum absolute atomic E-state index is 0.212. The average molecular weight is 294 g/mol. The fraction of sp³-hybridized carbons (Fsp3) is 0.500. The van der Waals surface area contributed by atoms with Crippen LogP contribution in [0.5, 0.6) is 0 Å². The molecule has 1 fully saturated rings. The number of carbonyl (C=O) groups is 1. The number of ketones is 1. The van der Waals surface area contributed by atoms with Crippen molar-refractivity contribution in [2.45, 2.75) is 18.0 Å². The van der Waals surface area contributed by atoms with E-state index in [2.05, 4.69) is 9.97 Å². The zero-order valence-electron chi connectivity index (χ0n) is 11.2. The second-order valence-electron chi connectivity index (χ2n) is 4.98. The van der Waals surface area contributed by atoms with Gasteiger partial charge >= 0.3 is 5.69 Å². The van der Waals surface area contributed by atoms with Crippen molar-refractivity contribution in [1.29, 1.82) is 0 Å². The molecular formula is C12H14N4O3S. The second-order valence-corrected chi connectivity index (χ2v) is 5.94. The third-order valence-electron chi connectivity index (χ3n) is 3.46. The number of aromatic amines is 1. The number of Topliss-reactive ketones (excluding diaryl/α,β-unsaturated/α-hetero) is 1. The monoisotopic (exact) mass is 294 g/mol. The smallest absolute Gasteiger partial charge is 0.327 e. The van der Waals surface area contributed by atoms with Gasteiger partial charge in [0.15, 0.2) is 16.3 Å². The van der Waals surface area contributed by atoms with Crippen molar-refractivity contribution in [3.8, 4) is 0 Å². The first-order valence-corrected chi connectivity index (χ1v) is 7.29. The summed E-state index contributed by atoms with van der Waals surface area (Å²) in [5.74, 6) is 0.778. The lowest BCUT2D eigenvalue weighted by Crippen LogP contribution is -2.36. The number of rotatable bonds is 4. The van der Waals surface area contributed by atoms with Gasteiger partial charge in [-0.3, -0.25) is 18.7 Å². The van der Waals surface area contributed by atoms with Crippen molar-refractivity contribution in [2.75, 3.05) is 5.75 Å². The summed E-state index contributed by atoms with van der Waals surface area (Å²) in [4.78, 5) is 42.5. The molecule has 2 heterocycles. The molecule has 1 aliphatic carbocycles. The van der Waals surface area contributed by atoms with Crippen LogP contribution in [0.25, 0.3) is 11.2 Å². The van der Waals surface area contributed by atoms with E-state index in [1.165, 1.54) is 23.4 Å². The number of aromatic nitrogens is 4. The first-order valence-electron chi connectivity index (χ1n) is 6.30. The first kappa shape index (κ1) is 13.2. The van der Waals surface area contributed by atoms with E-state index in [1.54, 1.807) is 7.05 Å². The lowest BCUT2D eigenvalue weighted by atomic mass is 10.3. The third kappa shape index (κ3) is 2.09. The largest absolute Gasteiger partial charge is 0.332 e. The highest BCUT2D eigenvalue weighted by Gasteiger charge is 2.29. The molecule has 2 aromatic heterocycles. The summed E-state index contributed by atoms with van der Waals surface area (Å²) < 4.78 is 2.35. The molecule has 0 saturated heterocycles. The molecule has 0 aromatic carbocycles. The van der Waals surface area contributed by atoms with E-state index in [4.69, 9.17) is 0 Å². The molecule has 0 atom stereocenters. The van der Waals surface area contributed by atoms with Gasteiger partial charge in [-0.2, -0.15) is 0 Å². The van der Waals surface area contributed by atoms with Gasteiger partial charge in [-0.1, -0.05) is 11.8 Å². The van der Waals surface area contributed by atoms with Crippen LogP contribution in [0.15, 0.2) is 14.7 Å². The standard InChI is InChI=1S/C12H14N4O3S/c1-15-9-8(10(18)16(2)12(15)19)13-11(14-9)20-5-7(17)6-3-4-6/h6H,3-5H2,1-2H3,(H,13,14). The van der Waals surface area contributed by atoms with Crippen LogP contribution in [0.3, 0.4) is 0 Å². The summed E-state index contributed by atoms with van der Waals surface area (Å²) in [6.45, 7) is 0. The van der Waals surface area contributed by atoms with E-state index < -0.39 is 11.2 Å². The second kappa shape index (κ2) is 4.62. The molecule has 7 nitrogen and oxygen atoms in total. The first-order chi connectivity index (χ1) is 9.49. The number of hydrogen-bond acceptors (Lipinski definition) is 5. The Morgan fingerprint density at radius 1 is 1.35 bits per heavy atom. The fourth-order valence-electron chi connectivity index (χ4n) is 2.04. The van der Waals surface area contributed by atoms with Crippen molar-refractivity contribution in [2.24, 2.45) is 20.0 Å². The highest BCUT2D eigenvalue weighted by molar-refractivity contribution is 7.99. The lowest BCUT2D eigenvalue weighted by molar-refractivity contribution is -0.117. The van der Waals surface area contributed by atoms with Gasteiger partial charge in [0.05, 0.1) is 5.75 Å². The van der Waals surface area contributed by atoms with E-state index >= 15 is 0 Å². The van der Waals surface area contributed by atoms with Gasteiger partial charge < -0.3 is 4.98 Å². The van der Waals surface area contributed by atoms with Crippen LogP contribution in [0.4, 0.5) is 0 Å². The summed E-state index contributed by atoms with van der Waals surface area (Å²) in [6.07, 6.45) is 1.96. The summed E-state index contributed by atoms with van der Waals surface area (Å²) >= 11 is 1.27. The molecule has 0 aliphatic heterocycles. The Morgan fingerprint density at radius 2 is 2.05 bits per heavy atom. The van der Waals surface area contributed by atoms with E-state index in [-0.39, 0.29) is 17.2 Å². The molecule has 0 spiro atoms. The number of hydrogen-bond donors (Lipinski definition) is 1. The number of fused-ring (bicyclic) bond motifs is 1. The Labute approximate surface area is 118 Å². The van der Waals surface area contributed by atoms with Crippen LogP contribution >= 0.6 is 11.8 Å². The minimum Gasteiger partial charge on any atom is -0.327 e. The Balaban J connectivity index is 1.96. The van der Waals surface area contributed by atoms with Crippen molar-refractivity contribution in [3.05, 3.63) is 20.8 Å². The molecular weight excluding hydrogens is 280 g/mol. The number of nitrogens with zero attached hydrogens (tertiary/aromatic N) is 3. The van der Waals surface area contributed by atoms with Crippen LogP contribution in [0, 0.1) is 5.92 Å². The van der Waals surface area contributed by atoms with E-state index in [0.29, 0.717) is 16.6 Å². The molecule has 3 rings (SSSR count). The molecule has 106 valence electrons. The molecule has 0 radical (unpaired) electrons. The van der Waals surface area contributed by atoms with E-state index in [1.807, 2.05) is 0 Å². The van der Waals surface area contributed by atoms with Gasteiger partial charge in [0, 0.05) is 20.0 Å². The summed E-state index contributed by atoms with van der Waals surface area (Å²) in [6, 6.07) is 0. The summed E-state index contributed by atoms with van der Waals surface area (Å²) in [5, 5.41) is 0.493. The maximum absolute atomic E-state index is 12.0. The highest BCUT2D eigenvalue weighted by atomic mass is 32.2. The van der Waals surface area contributed by atoms with Crippen LogP contribution in [-0.2, 0) is 18.9 Å². The maximum atomic E-state index is 12.0. The van der Waals surface area contributed by atoms with Crippen molar-refractivity contribution >= 4 is 28.7 Å². The molecule has 1 aliphatic rings. The van der Waals surface area contributed by atoms with Gasteiger partial charge in [0.1, 0.15) is 5.78 Å². The van der Waals surface area contributed by atoms with Crippen molar-refractivity contribution in [1.82, 2.24) is 19.1 Å². The van der Waals surface area contributed by atoms with Gasteiger partial charge in [-0.15, -0.1) is 0 Å². The van der Waals surface area contributed by atoms with Gasteiger partial charge in [-0.05, 0) is 12.8 Å². The van der Waals surface area contributed by atoms with E-state index in [9.17, 15) is 14.4 Å². The number of H-pyrrole nitrogens is 1. The van der Waals surface area contributed by atoms with E-state index in [0.717, 1.165) is 17.4 Å². The van der Waals surface area contributed by atoms with Crippen molar-refractivity contribution < 1.29 is 4.79 Å². The molecule has 0 unspecified atom stereocenters. The zero-order chi connectivity index (χ0) is 14.4. The molecule has 0 bridgehead atoms. The van der Waals surface area contributed by atoms with Crippen LogP contribution in [0.2, 0.25) is 0 Å². The minimum atomic E-state index is -0.417. The predicted molar refractivity (Wildman–Crippen MR) is 75.0 cm³/mol. The molecule has 8 heteroatoms. The molecule has 1 saturated carbocycles. The Morgan fingerprint density at radius 3 is 2.70 bits per heavy atom. The van der Waals surface area contributed by atoms with Crippen LogP contribution in [-0.4, -0.2) is 30.6 Å². The number of nitrogens with one attached hydrogen (secondary N) is 1. The number of imidazole rings is 1. The topological polar surface area (TPSA) is 89.8 Å². The predicted octanol–water partition coefficient (Wildman–Crippen LogP) is 0.0315.